The average molecular weight is 408 g/mol. The Bertz CT molecular complexity index is 840. The molecule has 0 bridgehead atoms. The van der Waals surface area contributed by atoms with Gasteiger partial charge in [-0.05, 0) is 31.4 Å². The molecular weight excluding hydrogens is 378 g/mol. The molecule has 28 heavy (non-hydrogen) atoms. The van der Waals surface area contributed by atoms with Crippen molar-refractivity contribution in [3.8, 4) is 0 Å². The van der Waals surface area contributed by atoms with E-state index in [1.165, 1.54) is 6.26 Å². The molecular formula is C19H29N5O3S. The summed E-state index contributed by atoms with van der Waals surface area (Å²) < 4.78 is 25.3. The Hall–Kier alpha value is -2.13. The van der Waals surface area contributed by atoms with Crippen LogP contribution in [0.4, 0.5) is 5.69 Å². The Morgan fingerprint density at radius 1 is 1.32 bits per heavy atom. The first kappa shape index (κ1) is 20.6. The van der Waals surface area contributed by atoms with Crippen LogP contribution in [0, 0.1) is 0 Å². The first-order chi connectivity index (χ1) is 13.4. The highest BCUT2D eigenvalue weighted by molar-refractivity contribution is 7.88. The minimum absolute atomic E-state index is 0.0159. The Morgan fingerprint density at radius 2 is 2.11 bits per heavy atom. The van der Waals surface area contributed by atoms with Crippen molar-refractivity contribution in [2.75, 3.05) is 37.8 Å². The van der Waals surface area contributed by atoms with Gasteiger partial charge < -0.3 is 16.0 Å². The highest BCUT2D eigenvalue weighted by atomic mass is 32.2. The third-order valence-corrected chi connectivity index (χ3v) is 6.51. The Morgan fingerprint density at radius 3 is 2.86 bits per heavy atom. The van der Waals surface area contributed by atoms with Crippen LogP contribution in [0.15, 0.2) is 29.3 Å². The third kappa shape index (κ3) is 5.02. The summed E-state index contributed by atoms with van der Waals surface area (Å²) in [7, 11) is -3.20. The number of anilines is 1. The van der Waals surface area contributed by atoms with E-state index < -0.39 is 10.0 Å². The van der Waals surface area contributed by atoms with Crippen molar-refractivity contribution in [3.05, 3.63) is 29.8 Å². The second-order valence-electron chi connectivity index (χ2n) is 7.31. The summed E-state index contributed by atoms with van der Waals surface area (Å²) in [6, 6.07) is 7.75. The maximum absolute atomic E-state index is 12.0. The molecule has 3 N–H and O–H groups in total. The summed E-state index contributed by atoms with van der Waals surface area (Å²) >= 11 is 0. The van der Waals surface area contributed by atoms with Crippen LogP contribution in [-0.4, -0.2) is 63.1 Å². The summed E-state index contributed by atoms with van der Waals surface area (Å²) in [4.78, 5) is 16.6. The minimum Gasteiger partial charge on any atom is -0.357 e. The second kappa shape index (κ2) is 8.91. The second-order valence-corrected chi connectivity index (χ2v) is 9.24. The average Bonchev–Trinajstić information content (AvgIpc) is 3.12. The number of guanidine groups is 1. The van der Waals surface area contributed by atoms with Crippen molar-refractivity contribution in [2.45, 2.75) is 38.1 Å². The summed E-state index contributed by atoms with van der Waals surface area (Å²) in [5.41, 5.74) is 1.98. The van der Waals surface area contributed by atoms with E-state index in [0.29, 0.717) is 38.6 Å². The number of hydrogen-bond acceptors (Lipinski definition) is 4. The van der Waals surface area contributed by atoms with Gasteiger partial charge in [0, 0.05) is 43.7 Å². The molecule has 2 atom stereocenters. The largest absolute Gasteiger partial charge is 0.357 e. The normalized spacial score (nSPS) is 23.2. The highest BCUT2D eigenvalue weighted by Crippen LogP contribution is 2.31. The van der Waals surface area contributed by atoms with E-state index in [-0.39, 0.29) is 17.9 Å². The lowest BCUT2D eigenvalue weighted by atomic mass is 9.90. The number of nitrogens with zero attached hydrogens (tertiary/aromatic N) is 2. The zero-order chi connectivity index (χ0) is 20.1. The number of carbonyl (C=O) groups excluding carboxylic acids is 1. The van der Waals surface area contributed by atoms with Crippen LogP contribution < -0.4 is 16.0 Å². The maximum atomic E-state index is 12.0. The highest BCUT2D eigenvalue weighted by Gasteiger charge is 2.31. The SMILES string of the molecule is CCNC(=NC[C@H]1CCCN1S(C)(=O)=O)NCC1CC(=O)Nc2ccccc21. The van der Waals surface area contributed by atoms with Crippen molar-refractivity contribution < 1.29 is 13.2 Å². The van der Waals surface area contributed by atoms with Crippen molar-refractivity contribution in [1.82, 2.24) is 14.9 Å². The molecule has 9 heteroatoms. The number of fused-ring (bicyclic) bond motifs is 1. The lowest BCUT2D eigenvalue weighted by Gasteiger charge is -2.26. The van der Waals surface area contributed by atoms with Gasteiger partial charge in [0.15, 0.2) is 5.96 Å². The summed E-state index contributed by atoms with van der Waals surface area (Å²) in [5, 5.41) is 9.43. The van der Waals surface area contributed by atoms with E-state index >= 15 is 0 Å². The maximum Gasteiger partial charge on any atom is 0.225 e. The van der Waals surface area contributed by atoms with Gasteiger partial charge >= 0.3 is 0 Å². The monoisotopic (exact) mass is 407 g/mol. The minimum atomic E-state index is -3.20. The molecule has 1 unspecified atom stereocenters. The number of nitrogens with one attached hydrogen (secondary N) is 3. The summed E-state index contributed by atoms with van der Waals surface area (Å²) in [6.07, 6.45) is 3.37. The number of rotatable bonds is 6. The summed E-state index contributed by atoms with van der Waals surface area (Å²) in [5.74, 6) is 0.723. The number of para-hydroxylation sites is 1. The van der Waals surface area contributed by atoms with E-state index in [2.05, 4.69) is 20.9 Å². The van der Waals surface area contributed by atoms with Crippen molar-refractivity contribution in [1.29, 1.82) is 0 Å². The van der Waals surface area contributed by atoms with Crippen LogP contribution in [0.1, 0.15) is 37.7 Å². The van der Waals surface area contributed by atoms with E-state index in [1.807, 2.05) is 31.2 Å². The number of aliphatic imine (C=N–C) groups is 1. The van der Waals surface area contributed by atoms with Gasteiger partial charge in [-0.15, -0.1) is 0 Å². The van der Waals surface area contributed by atoms with Crippen LogP contribution in [0.2, 0.25) is 0 Å². The molecule has 0 saturated carbocycles. The fourth-order valence-corrected chi connectivity index (χ4v) is 5.04. The van der Waals surface area contributed by atoms with Gasteiger partial charge in [-0.3, -0.25) is 9.79 Å². The predicted octanol–water partition coefficient (Wildman–Crippen LogP) is 1.09. The number of benzene rings is 1. The number of carbonyl (C=O) groups is 1. The van der Waals surface area contributed by atoms with E-state index in [9.17, 15) is 13.2 Å². The van der Waals surface area contributed by atoms with Gasteiger partial charge in [-0.1, -0.05) is 18.2 Å². The molecule has 0 radical (unpaired) electrons. The van der Waals surface area contributed by atoms with Gasteiger partial charge in [0.05, 0.1) is 12.8 Å². The van der Waals surface area contributed by atoms with Crippen LogP contribution in [-0.2, 0) is 14.8 Å². The number of hydrogen-bond donors (Lipinski definition) is 3. The van der Waals surface area contributed by atoms with Gasteiger partial charge in [0.2, 0.25) is 15.9 Å². The lowest BCUT2D eigenvalue weighted by molar-refractivity contribution is -0.116. The Balaban J connectivity index is 1.65. The van der Waals surface area contributed by atoms with Gasteiger partial charge in [-0.2, -0.15) is 4.31 Å². The molecule has 1 aromatic carbocycles. The first-order valence-corrected chi connectivity index (χ1v) is 11.6. The van der Waals surface area contributed by atoms with E-state index in [1.54, 1.807) is 4.31 Å². The zero-order valence-corrected chi connectivity index (χ0v) is 17.3. The molecule has 3 rings (SSSR count). The van der Waals surface area contributed by atoms with E-state index in [0.717, 1.165) is 24.1 Å². The lowest BCUT2D eigenvalue weighted by Crippen LogP contribution is -2.42. The van der Waals surface area contributed by atoms with Crippen molar-refractivity contribution >= 4 is 27.6 Å². The Kier molecular flexibility index (Phi) is 6.56. The molecule has 2 aliphatic rings. The number of sulfonamides is 1. The number of amides is 1. The van der Waals surface area contributed by atoms with Crippen LogP contribution in [0.25, 0.3) is 0 Å². The molecule has 0 aliphatic carbocycles. The molecule has 1 saturated heterocycles. The molecule has 0 spiro atoms. The van der Waals surface area contributed by atoms with Crippen molar-refractivity contribution in [3.63, 3.8) is 0 Å². The molecule has 1 aromatic rings. The molecule has 1 amide bonds. The fraction of sp³-hybridized carbons (Fsp3) is 0.579. The molecule has 8 nitrogen and oxygen atoms in total. The standard InChI is InChI=1S/C19H29N5O3S/c1-3-20-19(22-13-15-7-6-10-24(15)28(2,26)27)21-12-14-11-18(25)23-17-9-5-4-8-16(14)17/h4-5,8-9,14-15H,3,6-7,10-13H2,1-2H3,(H,23,25)(H2,20,21,22)/t14?,15-/m1/s1. The van der Waals surface area contributed by atoms with Gasteiger partial charge in [0.25, 0.3) is 0 Å². The third-order valence-electron chi connectivity index (χ3n) is 5.18. The first-order valence-electron chi connectivity index (χ1n) is 9.76. The molecule has 2 aliphatic heterocycles. The van der Waals surface area contributed by atoms with Crippen LogP contribution in [0.3, 0.4) is 0 Å². The van der Waals surface area contributed by atoms with Crippen molar-refractivity contribution in [2.24, 2.45) is 4.99 Å². The summed E-state index contributed by atoms with van der Waals surface area (Å²) in [6.45, 7) is 4.25. The fourth-order valence-electron chi connectivity index (χ4n) is 3.87. The topological polar surface area (TPSA) is 103 Å². The molecule has 0 aromatic heterocycles. The molecule has 154 valence electrons. The predicted molar refractivity (Wildman–Crippen MR) is 111 cm³/mol. The zero-order valence-electron chi connectivity index (χ0n) is 16.4. The van der Waals surface area contributed by atoms with Crippen LogP contribution >= 0.6 is 0 Å². The molecule has 1 fully saturated rings. The smallest absolute Gasteiger partial charge is 0.225 e. The van der Waals surface area contributed by atoms with E-state index in [4.69, 9.17) is 0 Å². The van der Waals surface area contributed by atoms with Gasteiger partial charge in [0.1, 0.15) is 0 Å². The van der Waals surface area contributed by atoms with Crippen LogP contribution in [0.5, 0.6) is 0 Å². The quantitative estimate of drug-likeness (QED) is 0.484. The van der Waals surface area contributed by atoms with Gasteiger partial charge in [-0.25, -0.2) is 8.42 Å². The molecule has 2 heterocycles. The Labute approximate surface area is 166 Å².